The molecule has 18 heavy (non-hydrogen) atoms. The molecule has 0 saturated carbocycles. The molecule has 1 atom stereocenters. The van der Waals surface area contributed by atoms with E-state index in [2.05, 4.69) is 0 Å². The van der Waals surface area contributed by atoms with Gasteiger partial charge in [-0.1, -0.05) is 11.6 Å². The van der Waals surface area contributed by atoms with E-state index < -0.39 is 10.0 Å². The van der Waals surface area contributed by atoms with Crippen molar-refractivity contribution in [3.63, 3.8) is 0 Å². The van der Waals surface area contributed by atoms with E-state index in [1.54, 1.807) is 17.0 Å². The largest absolute Gasteiger partial charge is 0.338 e. The summed E-state index contributed by atoms with van der Waals surface area (Å²) < 4.78 is 22.6. The van der Waals surface area contributed by atoms with Crippen LogP contribution in [0.5, 0.6) is 0 Å². The van der Waals surface area contributed by atoms with Crippen LogP contribution in [0, 0.1) is 5.92 Å². The minimum atomic E-state index is -3.47. The lowest BCUT2D eigenvalue weighted by Crippen LogP contribution is -2.30. The van der Waals surface area contributed by atoms with Gasteiger partial charge >= 0.3 is 0 Å². The fourth-order valence-corrected chi connectivity index (χ4v) is 4.01. The molecule has 8 heteroatoms. The van der Waals surface area contributed by atoms with Crippen molar-refractivity contribution in [3.8, 4) is 0 Å². The molecule has 5 nitrogen and oxygen atoms in total. The zero-order valence-electron chi connectivity index (χ0n) is 9.50. The Morgan fingerprint density at radius 3 is 2.83 bits per heavy atom. The van der Waals surface area contributed by atoms with Crippen LogP contribution in [-0.2, 0) is 10.0 Å². The van der Waals surface area contributed by atoms with Gasteiger partial charge in [0, 0.05) is 13.1 Å². The molecule has 0 spiro atoms. The molecule has 0 aliphatic carbocycles. The molecule has 0 bridgehead atoms. The van der Waals surface area contributed by atoms with Gasteiger partial charge in [-0.3, -0.25) is 4.79 Å². The SMILES string of the molecule is NS(=O)(=O)C[C@H]1CCN(C(=O)c2ccc(Cl)s2)C1. The molecule has 2 N–H and O–H groups in total. The molecule has 2 rings (SSSR count). The van der Waals surface area contributed by atoms with E-state index in [0.717, 1.165) is 0 Å². The fraction of sp³-hybridized carbons (Fsp3) is 0.500. The lowest BCUT2D eigenvalue weighted by atomic mass is 10.2. The molecule has 100 valence electrons. The number of hydrogen-bond acceptors (Lipinski definition) is 4. The predicted octanol–water partition coefficient (Wildman–Crippen LogP) is 1.15. The van der Waals surface area contributed by atoms with Crippen LogP contribution in [0.3, 0.4) is 0 Å². The van der Waals surface area contributed by atoms with Crippen molar-refractivity contribution in [2.24, 2.45) is 11.1 Å². The standard InChI is InChI=1S/C10H13ClN2O3S2/c11-9-2-1-8(17-9)10(14)13-4-3-7(5-13)6-18(12,15)16/h1-2,7H,3-6H2,(H2,12,15,16)/t7-/m0/s1. The lowest BCUT2D eigenvalue weighted by molar-refractivity contribution is 0.0793. The second-order valence-electron chi connectivity index (χ2n) is 4.34. The van der Waals surface area contributed by atoms with Gasteiger partial charge in [-0.05, 0) is 24.5 Å². The summed E-state index contributed by atoms with van der Waals surface area (Å²) in [4.78, 5) is 14.3. The summed E-state index contributed by atoms with van der Waals surface area (Å²) in [6.45, 7) is 0.999. The number of amides is 1. The number of hydrogen-bond donors (Lipinski definition) is 1. The fourth-order valence-electron chi connectivity index (χ4n) is 2.07. The first-order valence-electron chi connectivity index (χ1n) is 5.40. The zero-order valence-corrected chi connectivity index (χ0v) is 11.9. The van der Waals surface area contributed by atoms with Crippen LogP contribution in [0.2, 0.25) is 4.34 Å². The van der Waals surface area contributed by atoms with Crippen molar-refractivity contribution >= 4 is 38.9 Å². The first-order valence-corrected chi connectivity index (χ1v) is 8.31. The number of rotatable bonds is 3. The molecule has 2 heterocycles. The average molecular weight is 309 g/mol. The summed E-state index contributed by atoms with van der Waals surface area (Å²) in [5.74, 6) is -0.231. The molecule has 1 fully saturated rings. The summed E-state index contributed by atoms with van der Waals surface area (Å²) in [7, 11) is -3.47. The van der Waals surface area contributed by atoms with Gasteiger partial charge in [0.15, 0.2) is 0 Å². The van der Waals surface area contributed by atoms with Crippen molar-refractivity contribution in [3.05, 3.63) is 21.3 Å². The van der Waals surface area contributed by atoms with Gasteiger partial charge < -0.3 is 4.90 Å². The van der Waals surface area contributed by atoms with Crippen LogP contribution in [0.15, 0.2) is 12.1 Å². The van der Waals surface area contributed by atoms with Crippen molar-refractivity contribution in [2.75, 3.05) is 18.8 Å². The van der Waals surface area contributed by atoms with Crippen LogP contribution in [0.25, 0.3) is 0 Å². The summed E-state index contributed by atoms with van der Waals surface area (Å²) >= 11 is 7.01. The second-order valence-corrected chi connectivity index (χ2v) is 7.71. The number of likely N-dealkylation sites (tertiary alicyclic amines) is 1. The van der Waals surface area contributed by atoms with E-state index >= 15 is 0 Å². The Balaban J connectivity index is 1.99. The highest BCUT2D eigenvalue weighted by molar-refractivity contribution is 7.89. The first kappa shape index (κ1) is 13.8. The average Bonchev–Trinajstić information content (AvgIpc) is 2.84. The Morgan fingerprint density at radius 1 is 1.56 bits per heavy atom. The highest BCUT2D eigenvalue weighted by atomic mass is 35.5. The minimum Gasteiger partial charge on any atom is -0.338 e. The topological polar surface area (TPSA) is 80.5 Å². The highest BCUT2D eigenvalue weighted by Crippen LogP contribution is 2.25. The van der Waals surface area contributed by atoms with E-state index in [4.69, 9.17) is 16.7 Å². The Labute approximate surface area is 115 Å². The number of nitrogens with two attached hydrogens (primary N) is 1. The predicted molar refractivity (Wildman–Crippen MR) is 71.3 cm³/mol. The first-order chi connectivity index (χ1) is 8.35. The normalized spacial score (nSPS) is 20.3. The molecule has 1 aromatic heterocycles. The van der Waals surface area contributed by atoms with Gasteiger partial charge in [0.25, 0.3) is 5.91 Å². The van der Waals surface area contributed by atoms with Crippen molar-refractivity contribution in [1.29, 1.82) is 0 Å². The smallest absolute Gasteiger partial charge is 0.263 e. The Bertz CT molecular complexity index is 555. The molecular weight excluding hydrogens is 296 g/mol. The van der Waals surface area contributed by atoms with E-state index in [-0.39, 0.29) is 17.6 Å². The molecule has 1 saturated heterocycles. The third kappa shape index (κ3) is 3.44. The molecule has 1 amide bonds. The number of sulfonamides is 1. The monoisotopic (exact) mass is 308 g/mol. The van der Waals surface area contributed by atoms with E-state index in [1.807, 2.05) is 0 Å². The van der Waals surface area contributed by atoms with Crippen molar-refractivity contribution in [1.82, 2.24) is 4.90 Å². The molecule has 0 unspecified atom stereocenters. The van der Waals surface area contributed by atoms with Gasteiger partial charge in [0.1, 0.15) is 0 Å². The quantitative estimate of drug-likeness (QED) is 0.909. The molecular formula is C10H13ClN2O3S2. The maximum atomic E-state index is 12.1. The maximum Gasteiger partial charge on any atom is 0.263 e. The Morgan fingerprint density at radius 2 is 2.28 bits per heavy atom. The third-order valence-electron chi connectivity index (χ3n) is 2.83. The van der Waals surface area contributed by atoms with Crippen molar-refractivity contribution in [2.45, 2.75) is 6.42 Å². The summed E-state index contributed by atoms with van der Waals surface area (Å²) in [5, 5.41) is 5.00. The van der Waals surface area contributed by atoms with Crippen LogP contribution in [0.4, 0.5) is 0 Å². The number of thiophene rings is 1. The molecule has 1 aromatic rings. The van der Waals surface area contributed by atoms with Crippen LogP contribution >= 0.6 is 22.9 Å². The number of nitrogens with zero attached hydrogens (tertiary/aromatic N) is 1. The summed E-state index contributed by atoms with van der Waals surface area (Å²) in [5.41, 5.74) is 0. The second kappa shape index (κ2) is 5.16. The van der Waals surface area contributed by atoms with Gasteiger partial charge in [0.2, 0.25) is 10.0 Å². The summed E-state index contributed by atoms with van der Waals surface area (Å²) in [6, 6.07) is 3.36. The number of halogens is 1. The van der Waals surface area contributed by atoms with E-state index in [1.165, 1.54) is 11.3 Å². The van der Waals surface area contributed by atoms with Gasteiger partial charge in [-0.2, -0.15) is 0 Å². The zero-order chi connectivity index (χ0) is 13.3. The highest BCUT2D eigenvalue weighted by Gasteiger charge is 2.29. The molecule has 0 aromatic carbocycles. The van der Waals surface area contributed by atoms with E-state index in [0.29, 0.717) is 28.7 Å². The molecule has 1 aliphatic heterocycles. The van der Waals surface area contributed by atoms with Gasteiger partial charge in [-0.25, -0.2) is 13.6 Å². The third-order valence-corrected chi connectivity index (χ3v) is 4.98. The van der Waals surface area contributed by atoms with Crippen LogP contribution in [0.1, 0.15) is 16.1 Å². The van der Waals surface area contributed by atoms with Crippen molar-refractivity contribution < 1.29 is 13.2 Å². The van der Waals surface area contributed by atoms with E-state index in [9.17, 15) is 13.2 Å². The molecule has 0 radical (unpaired) electrons. The number of primary sulfonamides is 1. The maximum absolute atomic E-state index is 12.1. The number of carbonyl (C=O) groups is 1. The lowest BCUT2D eigenvalue weighted by Gasteiger charge is -2.15. The minimum absolute atomic E-state index is 0.0675. The van der Waals surface area contributed by atoms with Gasteiger partial charge in [-0.15, -0.1) is 11.3 Å². The van der Waals surface area contributed by atoms with Gasteiger partial charge in [0.05, 0.1) is 15.0 Å². The summed E-state index contributed by atoms with van der Waals surface area (Å²) in [6.07, 6.45) is 0.668. The Kier molecular flexibility index (Phi) is 3.96. The molecule has 1 aliphatic rings. The van der Waals surface area contributed by atoms with Crippen LogP contribution in [-0.4, -0.2) is 38.1 Å². The van der Waals surface area contributed by atoms with Crippen LogP contribution < -0.4 is 5.14 Å². The Hall–Kier alpha value is -0.630. The number of carbonyl (C=O) groups excluding carboxylic acids is 1.